The highest BCUT2D eigenvalue weighted by Gasteiger charge is 2.16. The number of para-hydroxylation sites is 1. The van der Waals surface area contributed by atoms with Crippen LogP contribution in [0.25, 0.3) is 22.4 Å². The van der Waals surface area contributed by atoms with E-state index in [1.54, 1.807) is 6.07 Å². The largest absolute Gasteiger partial charge is 0.397 e. The molecule has 0 amide bonds. The molecule has 20 heavy (non-hydrogen) atoms. The second kappa shape index (κ2) is 4.86. The number of anilines is 1. The summed E-state index contributed by atoms with van der Waals surface area (Å²) in [5, 5.41) is 0. The summed E-state index contributed by atoms with van der Waals surface area (Å²) >= 11 is 6.84. The first-order valence-corrected chi connectivity index (χ1v) is 7.43. The molecule has 0 aliphatic heterocycles. The van der Waals surface area contributed by atoms with Crippen LogP contribution in [0.1, 0.15) is 0 Å². The van der Waals surface area contributed by atoms with Gasteiger partial charge in [-0.15, -0.1) is 0 Å². The Hall–Kier alpha value is -1.40. The molecule has 2 N–H and O–H groups in total. The number of nitrogens with zero attached hydrogens (tertiary/aromatic N) is 2. The minimum atomic E-state index is -0.336. The molecule has 6 heteroatoms. The van der Waals surface area contributed by atoms with E-state index in [1.807, 2.05) is 29.8 Å². The van der Waals surface area contributed by atoms with Gasteiger partial charge in [-0.1, -0.05) is 22.0 Å². The third-order valence-electron chi connectivity index (χ3n) is 3.20. The molecule has 0 saturated heterocycles. The number of halogens is 3. The zero-order chi connectivity index (χ0) is 14.4. The number of hydrogen-bond donors (Lipinski definition) is 1. The highest BCUT2D eigenvalue weighted by Crippen LogP contribution is 2.36. The number of aromatic nitrogens is 2. The molecule has 2 aromatic carbocycles. The molecule has 0 radical (unpaired) electrons. The standard InChI is InChI=1S/C14H10Br2FN3/c1-20-11-4-2-3-10(17)13(11)19-14(20)8-5-7(15)6-9(16)12(8)18/h2-6H,18H2,1H3. The van der Waals surface area contributed by atoms with E-state index in [4.69, 9.17) is 5.73 Å². The van der Waals surface area contributed by atoms with Crippen LogP contribution in [0.5, 0.6) is 0 Å². The number of imidazole rings is 1. The van der Waals surface area contributed by atoms with Crippen LogP contribution in [-0.4, -0.2) is 9.55 Å². The van der Waals surface area contributed by atoms with Crippen molar-refractivity contribution >= 4 is 48.6 Å². The number of nitrogen functional groups attached to an aromatic ring is 1. The molecule has 0 fully saturated rings. The lowest BCUT2D eigenvalue weighted by molar-refractivity contribution is 0.637. The minimum absolute atomic E-state index is 0.336. The maximum absolute atomic E-state index is 13.8. The smallest absolute Gasteiger partial charge is 0.151 e. The molecule has 3 rings (SSSR count). The molecule has 1 heterocycles. The highest BCUT2D eigenvalue weighted by atomic mass is 79.9. The molecule has 3 aromatic rings. The highest BCUT2D eigenvalue weighted by molar-refractivity contribution is 9.11. The normalized spacial score (nSPS) is 11.2. The van der Waals surface area contributed by atoms with Crippen molar-refractivity contribution in [3.63, 3.8) is 0 Å². The predicted octanol–water partition coefficient (Wildman–Crippen LogP) is 4.49. The average Bonchev–Trinajstić information content (AvgIpc) is 2.73. The van der Waals surface area contributed by atoms with Gasteiger partial charge in [0.15, 0.2) is 5.82 Å². The van der Waals surface area contributed by atoms with E-state index < -0.39 is 0 Å². The zero-order valence-corrected chi connectivity index (χ0v) is 13.7. The Morgan fingerprint density at radius 1 is 1.25 bits per heavy atom. The van der Waals surface area contributed by atoms with Crippen LogP contribution in [0.4, 0.5) is 10.1 Å². The summed E-state index contributed by atoms with van der Waals surface area (Å²) in [5.74, 6) is 0.293. The number of benzene rings is 2. The summed E-state index contributed by atoms with van der Waals surface area (Å²) in [5.41, 5.74) is 8.51. The first-order valence-electron chi connectivity index (χ1n) is 5.85. The van der Waals surface area contributed by atoms with Crippen molar-refractivity contribution in [2.24, 2.45) is 7.05 Å². The van der Waals surface area contributed by atoms with Gasteiger partial charge < -0.3 is 10.3 Å². The van der Waals surface area contributed by atoms with Gasteiger partial charge in [-0.25, -0.2) is 9.37 Å². The summed E-state index contributed by atoms with van der Waals surface area (Å²) in [6, 6.07) is 8.64. The molecular weight excluding hydrogens is 389 g/mol. The molecule has 0 saturated carbocycles. The summed E-state index contributed by atoms with van der Waals surface area (Å²) in [6.45, 7) is 0. The minimum Gasteiger partial charge on any atom is -0.397 e. The van der Waals surface area contributed by atoms with E-state index in [9.17, 15) is 4.39 Å². The van der Waals surface area contributed by atoms with Crippen molar-refractivity contribution in [2.45, 2.75) is 0 Å². The summed E-state index contributed by atoms with van der Waals surface area (Å²) in [6.07, 6.45) is 0. The van der Waals surface area contributed by atoms with Gasteiger partial charge in [0.25, 0.3) is 0 Å². The van der Waals surface area contributed by atoms with E-state index in [0.29, 0.717) is 17.0 Å². The van der Waals surface area contributed by atoms with Gasteiger partial charge in [0.05, 0.1) is 11.2 Å². The van der Waals surface area contributed by atoms with E-state index in [-0.39, 0.29) is 5.82 Å². The van der Waals surface area contributed by atoms with Crippen LogP contribution in [0.2, 0.25) is 0 Å². The number of rotatable bonds is 1. The maximum atomic E-state index is 13.8. The van der Waals surface area contributed by atoms with E-state index in [0.717, 1.165) is 20.0 Å². The van der Waals surface area contributed by atoms with Crippen molar-refractivity contribution in [3.05, 3.63) is 45.1 Å². The first-order chi connectivity index (χ1) is 9.49. The SMILES string of the molecule is Cn1c(-c2cc(Br)cc(Br)c2N)nc2c(F)cccc21. The summed E-state index contributed by atoms with van der Waals surface area (Å²) in [7, 11) is 1.85. The number of aryl methyl sites for hydroxylation is 1. The Balaban J connectivity index is 2.36. The molecule has 0 spiro atoms. The molecule has 102 valence electrons. The summed E-state index contributed by atoms with van der Waals surface area (Å²) < 4.78 is 17.3. The van der Waals surface area contributed by atoms with Crippen LogP contribution in [-0.2, 0) is 7.05 Å². The molecule has 0 atom stereocenters. The van der Waals surface area contributed by atoms with Crippen molar-refractivity contribution in [1.29, 1.82) is 0 Å². The van der Waals surface area contributed by atoms with Crippen molar-refractivity contribution in [3.8, 4) is 11.4 Å². The lowest BCUT2D eigenvalue weighted by Crippen LogP contribution is -1.98. The van der Waals surface area contributed by atoms with Gasteiger partial charge >= 0.3 is 0 Å². The van der Waals surface area contributed by atoms with Crippen LogP contribution >= 0.6 is 31.9 Å². The molecule has 1 aromatic heterocycles. The van der Waals surface area contributed by atoms with Gasteiger partial charge in [0, 0.05) is 21.6 Å². The van der Waals surface area contributed by atoms with Crippen LogP contribution < -0.4 is 5.73 Å². The first kappa shape index (κ1) is 13.6. The molecule has 3 nitrogen and oxygen atoms in total. The van der Waals surface area contributed by atoms with Crippen molar-refractivity contribution in [1.82, 2.24) is 9.55 Å². The van der Waals surface area contributed by atoms with Crippen molar-refractivity contribution in [2.75, 3.05) is 5.73 Å². The van der Waals surface area contributed by atoms with Crippen LogP contribution in [0.3, 0.4) is 0 Å². The predicted molar refractivity (Wildman–Crippen MR) is 85.9 cm³/mol. The number of fused-ring (bicyclic) bond motifs is 1. The molecule has 0 bridgehead atoms. The lowest BCUT2D eigenvalue weighted by atomic mass is 10.1. The van der Waals surface area contributed by atoms with E-state index in [2.05, 4.69) is 36.8 Å². The van der Waals surface area contributed by atoms with Crippen LogP contribution in [0.15, 0.2) is 39.3 Å². The summed E-state index contributed by atoms with van der Waals surface area (Å²) in [4.78, 5) is 4.39. The Bertz CT molecular complexity index is 827. The molecule has 0 unspecified atom stereocenters. The number of nitrogens with two attached hydrogens (primary N) is 1. The van der Waals surface area contributed by atoms with Crippen LogP contribution in [0, 0.1) is 5.82 Å². The molecule has 0 aliphatic carbocycles. The molecule has 0 aliphatic rings. The van der Waals surface area contributed by atoms with Gasteiger partial charge in [0.1, 0.15) is 11.3 Å². The second-order valence-corrected chi connectivity index (χ2v) is 6.22. The fourth-order valence-electron chi connectivity index (χ4n) is 2.19. The quantitative estimate of drug-likeness (QED) is 0.614. The second-order valence-electron chi connectivity index (χ2n) is 4.45. The van der Waals surface area contributed by atoms with Gasteiger partial charge in [-0.2, -0.15) is 0 Å². The van der Waals surface area contributed by atoms with Gasteiger partial charge in [-0.05, 0) is 40.2 Å². The zero-order valence-electron chi connectivity index (χ0n) is 10.5. The maximum Gasteiger partial charge on any atom is 0.151 e. The third-order valence-corrected chi connectivity index (χ3v) is 4.31. The van der Waals surface area contributed by atoms with E-state index >= 15 is 0 Å². The van der Waals surface area contributed by atoms with E-state index in [1.165, 1.54) is 6.07 Å². The third kappa shape index (κ3) is 2.03. The monoisotopic (exact) mass is 397 g/mol. The van der Waals surface area contributed by atoms with Gasteiger partial charge in [0.2, 0.25) is 0 Å². The number of hydrogen-bond acceptors (Lipinski definition) is 2. The Morgan fingerprint density at radius 3 is 2.70 bits per heavy atom. The Morgan fingerprint density at radius 2 is 2.00 bits per heavy atom. The Labute approximate surface area is 131 Å². The Kier molecular flexibility index (Phi) is 3.30. The molecular formula is C14H10Br2FN3. The lowest BCUT2D eigenvalue weighted by Gasteiger charge is -2.08. The average molecular weight is 399 g/mol. The fraction of sp³-hybridized carbons (Fsp3) is 0.0714. The topological polar surface area (TPSA) is 43.8 Å². The van der Waals surface area contributed by atoms with Crippen molar-refractivity contribution < 1.29 is 4.39 Å². The fourth-order valence-corrected chi connectivity index (χ4v) is 3.42. The van der Waals surface area contributed by atoms with Gasteiger partial charge in [-0.3, -0.25) is 0 Å².